The summed E-state index contributed by atoms with van der Waals surface area (Å²) in [5.41, 5.74) is 4.35. The van der Waals surface area contributed by atoms with E-state index in [0.29, 0.717) is 5.01 Å². The molecule has 0 saturated heterocycles. The van der Waals surface area contributed by atoms with E-state index >= 15 is 0 Å². The second kappa shape index (κ2) is 6.28. The minimum Gasteiger partial charge on any atom is -0.268 e. The number of sulfonamides is 1. The molecule has 0 aliphatic carbocycles. The second-order valence-electron chi connectivity index (χ2n) is 6.64. The molecular formula is C20H18N2O3S2. The smallest absolute Gasteiger partial charge is 0.268 e. The van der Waals surface area contributed by atoms with Crippen molar-refractivity contribution in [3.05, 3.63) is 69.0 Å². The van der Waals surface area contributed by atoms with Gasteiger partial charge in [-0.25, -0.2) is 17.7 Å². The van der Waals surface area contributed by atoms with Gasteiger partial charge in [-0.05, 0) is 44.5 Å². The summed E-state index contributed by atoms with van der Waals surface area (Å²) < 4.78 is 26.4. The van der Waals surface area contributed by atoms with E-state index in [4.69, 9.17) is 0 Å². The maximum Gasteiger partial charge on any atom is 0.269 e. The molecule has 0 N–H and O–H groups in total. The first kappa shape index (κ1) is 17.9. The molecule has 0 spiro atoms. The van der Waals surface area contributed by atoms with E-state index in [1.165, 1.54) is 17.4 Å². The third kappa shape index (κ3) is 2.87. The summed E-state index contributed by atoms with van der Waals surface area (Å²) in [4.78, 5) is 18.3. The van der Waals surface area contributed by atoms with Crippen molar-refractivity contribution in [2.45, 2.75) is 32.2 Å². The number of aromatic nitrogens is 1. The summed E-state index contributed by atoms with van der Waals surface area (Å²) in [7, 11) is -3.83. The van der Waals surface area contributed by atoms with Gasteiger partial charge in [-0.3, -0.25) is 4.79 Å². The van der Waals surface area contributed by atoms with E-state index < -0.39 is 15.9 Å². The Kier molecular flexibility index (Phi) is 4.16. The van der Waals surface area contributed by atoms with Gasteiger partial charge in [0.1, 0.15) is 9.90 Å². The molecule has 4 rings (SSSR count). The zero-order chi connectivity index (χ0) is 19.3. The molecule has 0 atom stereocenters. The third-order valence-corrected chi connectivity index (χ3v) is 7.42. The molecule has 3 aromatic rings. The molecule has 1 amide bonds. The number of carbonyl (C=O) groups excluding carboxylic acids is 1. The summed E-state index contributed by atoms with van der Waals surface area (Å²) in [6, 6.07) is 12.5. The lowest BCUT2D eigenvalue weighted by molar-refractivity contribution is 0.0865. The Labute approximate surface area is 162 Å². The van der Waals surface area contributed by atoms with Gasteiger partial charge in [0.15, 0.2) is 0 Å². The zero-order valence-electron chi connectivity index (χ0n) is 15.2. The lowest BCUT2D eigenvalue weighted by Crippen LogP contribution is -2.29. The van der Waals surface area contributed by atoms with Crippen molar-refractivity contribution >= 4 is 27.3 Å². The molecule has 0 radical (unpaired) electrons. The van der Waals surface area contributed by atoms with Gasteiger partial charge in [0.25, 0.3) is 15.9 Å². The molecule has 0 fully saturated rings. The lowest BCUT2D eigenvalue weighted by atomic mass is 10.0. The Morgan fingerprint density at radius 3 is 2.52 bits per heavy atom. The SMILES string of the molecule is Cc1ccc(C)c(-c2nc(CN3C(=O)c4ccccc4S3(=O)=O)sc2C)c1. The fourth-order valence-corrected chi connectivity index (χ4v) is 5.82. The van der Waals surface area contributed by atoms with Crippen molar-refractivity contribution in [1.82, 2.24) is 9.29 Å². The molecule has 2 aromatic carbocycles. The average molecular weight is 399 g/mol. The first-order valence-electron chi connectivity index (χ1n) is 8.49. The van der Waals surface area contributed by atoms with Gasteiger partial charge in [0.2, 0.25) is 0 Å². The number of nitrogens with zero attached hydrogens (tertiary/aromatic N) is 2. The summed E-state index contributed by atoms with van der Waals surface area (Å²) in [5, 5.41) is 0.605. The fourth-order valence-electron chi connectivity index (χ4n) is 3.27. The van der Waals surface area contributed by atoms with Crippen LogP contribution in [-0.2, 0) is 16.6 Å². The number of aryl methyl sites for hydroxylation is 3. The number of hydrogen-bond donors (Lipinski definition) is 0. The highest BCUT2D eigenvalue weighted by Crippen LogP contribution is 2.35. The highest BCUT2D eigenvalue weighted by molar-refractivity contribution is 7.90. The van der Waals surface area contributed by atoms with Gasteiger partial charge in [-0.1, -0.05) is 29.8 Å². The Morgan fingerprint density at radius 2 is 1.78 bits per heavy atom. The maximum absolute atomic E-state index is 12.7. The minimum atomic E-state index is -3.83. The van der Waals surface area contributed by atoms with Crippen LogP contribution in [0.2, 0.25) is 0 Å². The van der Waals surface area contributed by atoms with E-state index in [1.54, 1.807) is 18.2 Å². The Bertz CT molecular complexity index is 1180. The zero-order valence-corrected chi connectivity index (χ0v) is 16.8. The van der Waals surface area contributed by atoms with E-state index in [0.717, 1.165) is 31.6 Å². The average Bonchev–Trinajstić information content (AvgIpc) is 3.09. The first-order valence-corrected chi connectivity index (χ1v) is 10.7. The lowest BCUT2D eigenvalue weighted by Gasteiger charge is -2.13. The Balaban J connectivity index is 1.71. The van der Waals surface area contributed by atoms with Gasteiger partial charge in [0.05, 0.1) is 17.8 Å². The molecule has 0 bridgehead atoms. The van der Waals surface area contributed by atoms with Crippen LogP contribution in [0, 0.1) is 20.8 Å². The predicted octanol–water partition coefficient (Wildman–Crippen LogP) is 4.08. The van der Waals surface area contributed by atoms with Crippen molar-refractivity contribution in [2.24, 2.45) is 0 Å². The van der Waals surface area contributed by atoms with E-state index in [9.17, 15) is 13.2 Å². The van der Waals surface area contributed by atoms with Crippen LogP contribution < -0.4 is 0 Å². The molecule has 0 saturated carbocycles. The second-order valence-corrected chi connectivity index (χ2v) is 9.76. The molecule has 7 heteroatoms. The van der Waals surface area contributed by atoms with E-state index in [-0.39, 0.29) is 17.0 Å². The van der Waals surface area contributed by atoms with Crippen LogP contribution >= 0.6 is 11.3 Å². The van der Waals surface area contributed by atoms with Crippen molar-refractivity contribution < 1.29 is 13.2 Å². The largest absolute Gasteiger partial charge is 0.269 e. The van der Waals surface area contributed by atoms with Crippen LogP contribution in [0.3, 0.4) is 0 Å². The number of rotatable bonds is 3. The van der Waals surface area contributed by atoms with Gasteiger partial charge < -0.3 is 0 Å². The van der Waals surface area contributed by atoms with Gasteiger partial charge in [-0.2, -0.15) is 0 Å². The molecule has 5 nitrogen and oxygen atoms in total. The topological polar surface area (TPSA) is 67.3 Å². The van der Waals surface area contributed by atoms with Crippen molar-refractivity contribution in [3.63, 3.8) is 0 Å². The van der Waals surface area contributed by atoms with Gasteiger partial charge in [0, 0.05) is 10.4 Å². The fraction of sp³-hybridized carbons (Fsp3) is 0.200. The predicted molar refractivity (Wildman–Crippen MR) is 105 cm³/mol. The monoisotopic (exact) mass is 398 g/mol. The van der Waals surface area contributed by atoms with Crippen LogP contribution in [0.25, 0.3) is 11.3 Å². The normalized spacial score (nSPS) is 15.2. The summed E-state index contributed by atoms with van der Waals surface area (Å²) in [6.07, 6.45) is 0. The van der Waals surface area contributed by atoms with Crippen molar-refractivity contribution in [1.29, 1.82) is 0 Å². The molecule has 0 unspecified atom stereocenters. The molecular weight excluding hydrogens is 380 g/mol. The maximum atomic E-state index is 12.7. The minimum absolute atomic E-state index is 0.0494. The summed E-state index contributed by atoms with van der Waals surface area (Å²) in [5.74, 6) is -0.494. The van der Waals surface area contributed by atoms with Gasteiger partial charge in [-0.15, -0.1) is 11.3 Å². The molecule has 1 aromatic heterocycles. The quantitative estimate of drug-likeness (QED) is 0.667. The number of hydrogen-bond acceptors (Lipinski definition) is 5. The van der Waals surface area contributed by atoms with Crippen LogP contribution in [-0.4, -0.2) is 23.6 Å². The number of fused-ring (bicyclic) bond motifs is 1. The molecule has 138 valence electrons. The molecule has 27 heavy (non-hydrogen) atoms. The molecule has 2 heterocycles. The van der Waals surface area contributed by atoms with Crippen LogP contribution in [0.15, 0.2) is 47.4 Å². The highest BCUT2D eigenvalue weighted by atomic mass is 32.2. The highest BCUT2D eigenvalue weighted by Gasteiger charge is 2.41. The Hall–Kier alpha value is -2.51. The molecule has 1 aliphatic rings. The molecule has 1 aliphatic heterocycles. The van der Waals surface area contributed by atoms with Crippen LogP contribution in [0.4, 0.5) is 0 Å². The number of carbonyl (C=O) groups is 1. The van der Waals surface area contributed by atoms with Crippen molar-refractivity contribution in [2.75, 3.05) is 0 Å². The Morgan fingerprint density at radius 1 is 1.04 bits per heavy atom. The van der Waals surface area contributed by atoms with Crippen LogP contribution in [0.1, 0.15) is 31.4 Å². The number of amides is 1. The number of benzene rings is 2. The third-order valence-electron chi connectivity index (χ3n) is 4.68. The standard InChI is InChI=1S/C20H18N2O3S2/c1-12-8-9-13(2)16(10-12)19-14(3)26-18(21-19)11-22-20(23)15-6-4-5-7-17(15)27(22,24)25/h4-10H,11H2,1-3H3. The van der Waals surface area contributed by atoms with Crippen LogP contribution in [0.5, 0.6) is 0 Å². The first-order chi connectivity index (χ1) is 12.8. The number of thiazole rings is 1. The summed E-state index contributed by atoms with van der Waals surface area (Å²) in [6.45, 7) is 5.97. The van der Waals surface area contributed by atoms with E-state index in [2.05, 4.69) is 11.1 Å². The summed E-state index contributed by atoms with van der Waals surface area (Å²) >= 11 is 1.42. The van der Waals surface area contributed by atoms with E-state index in [1.807, 2.05) is 32.9 Å². The van der Waals surface area contributed by atoms with Crippen molar-refractivity contribution in [3.8, 4) is 11.3 Å². The van der Waals surface area contributed by atoms with Gasteiger partial charge >= 0.3 is 0 Å².